The molecule has 0 aliphatic carbocycles. The third-order valence-electron chi connectivity index (χ3n) is 2.36. The maximum Gasteiger partial charge on any atom is 0.172 e. The van der Waals surface area contributed by atoms with Gasteiger partial charge in [0.2, 0.25) is 0 Å². The van der Waals surface area contributed by atoms with E-state index in [1.54, 1.807) is 0 Å². The van der Waals surface area contributed by atoms with E-state index in [-0.39, 0.29) is 10.6 Å². The molecule has 1 aromatic carbocycles. The molecule has 15 heavy (non-hydrogen) atoms. The molecule has 2 N–H and O–H groups in total. The summed E-state index contributed by atoms with van der Waals surface area (Å²) in [5.41, 5.74) is 0.226. The van der Waals surface area contributed by atoms with Gasteiger partial charge in [0, 0.05) is 23.7 Å². The summed E-state index contributed by atoms with van der Waals surface area (Å²) in [4.78, 5) is 0. The summed E-state index contributed by atoms with van der Waals surface area (Å²) in [5.74, 6) is -1.10. The van der Waals surface area contributed by atoms with Crippen LogP contribution in [0.25, 0.3) is 0 Å². The number of hydrogen-bond donors (Lipinski definition) is 2. The smallest absolute Gasteiger partial charge is 0.172 e. The molecule has 0 saturated carbocycles. The standard InChI is InChI=1S/C10H11ClFNO2/c11-6-1-2-7(14)10(12)9(6)8-5-13-3-4-15-8/h1-2,8,13-14H,3-5H2. The van der Waals surface area contributed by atoms with Crippen molar-refractivity contribution in [2.75, 3.05) is 19.7 Å². The van der Waals surface area contributed by atoms with Gasteiger partial charge in [-0.25, -0.2) is 4.39 Å². The van der Waals surface area contributed by atoms with Crippen LogP contribution in [0.4, 0.5) is 4.39 Å². The summed E-state index contributed by atoms with van der Waals surface area (Å²) >= 11 is 5.88. The number of morpholine rings is 1. The first-order valence-electron chi connectivity index (χ1n) is 4.69. The Bertz CT molecular complexity index is 367. The zero-order chi connectivity index (χ0) is 10.8. The Kier molecular flexibility index (Phi) is 3.09. The second-order valence-corrected chi connectivity index (χ2v) is 3.76. The third kappa shape index (κ3) is 2.07. The lowest BCUT2D eigenvalue weighted by atomic mass is 10.1. The van der Waals surface area contributed by atoms with Gasteiger partial charge in [-0.1, -0.05) is 11.6 Å². The summed E-state index contributed by atoms with van der Waals surface area (Å²) in [6, 6.07) is 2.70. The van der Waals surface area contributed by atoms with E-state index in [1.165, 1.54) is 12.1 Å². The fourth-order valence-electron chi connectivity index (χ4n) is 1.60. The Labute approximate surface area is 91.8 Å². The highest BCUT2D eigenvalue weighted by Crippen LogP contribution is 2.33. The molecular weight excluding hydrogens is 221 g/mol. The molecule has 1 unspecified atom stereocenters. The summed E-state index contributed by atoms with van der Waals surface area (Å²) < 4.78 is 19.0. The van der Waals surface area contributed by atoms with E-state index >= 15 is 0 Å². The van der Waals surface area contributed by atoms with Gasteiger partial charge in [-0.2, -0.15) is 0 Å². The molecule has 1 aliphatic rings. The molecule has 82 valence electrons. The van der Waals surface area contributed by atoms with Crippen LogP contribution in [0, 0.1) is 5.82 Å². The average Bonchev–Trinajstić information content (AvgIpc) is 2.26. The van der Waals surface area contributed by atoms with Gasteiger partial charge in [0.15, 0.2) is 11.6 Å². The van der Waals surface area contributed by atoms with E-state index in [4.69, 9.17) is 16.3 Å². The van der Waals surface area contributed by atoms with Gasteiger partial charge in [-0.15, -0.1) is 0 Å². The second-order valence-electron chi connectivity index (χ2n) is 3.36. The first kappa shape index (κ1) is 10.7. The third-order valence-corrected chi connectivity index (χ3v) is 2.69. The van der Waals surface area contributed by atoms with Crippen LogP contribution >= 0.6 is 11.6 Å². The van der Waals surface area contributed by atoms with Crippen LogP contribution in [-0.2, 0) is 4.74 Å². The Morgan fingerprint density at radius 2 is 2.33 bits per heavy atom. The Hall–Kier alpha value is -0.840. The molecule has 5 heteroatoms. The lowest BCUT2D eigenvalue weighted by Gasteiger charge is -2.25. The molecule has 1 aliphatic heterocycles. The lowest BCUT2D eigenvalue weighted by molar-refractivity contribution is 0.0253. The van der Waals surface area contributed by atoms with Crippen molar-refractivity contribution in [2.45, 2.75) is 6.10 Å². The molecule has 0 bridgehead atoms. The number of ether oxygens (including phenoxy) is 1. The molecule has 1 atom stereocenters. The Morgan fingerprint density at radius 1 is 1.53 bits per heavy atom. The topological polar surface area (TPSA) is 41.5 Å². The summed E-state index contributed by atoms with van der Waals surface area (Å²) in [6.45, 7) is 1.75. The van der Waals surface area contributed by atoms with Crippen molar-refractivity contribution in [3.8, 4) is 5.75 Å². The Morgan fingerprint density at radius 3 is 3.00 bits per heavy atom. The first-order chi connectivity index (χ1) is 7.20. The van der Waals surface area contributed by atoms with Crippen LogP contribution in [-0.4, -0.2) is 24.8 Å². The molecule has 0 spiro atoms. The second kappa shape index (κ2) is 4.35. The molecule has 1 heterocycles. The van der Waals surface area contributed by atoms with Gasteiger partial charge in [-0.05, 0) is 12.1 Å². The van der Waals surface area contributed by atoms with Gasteiger partial charge >= 0.3 is 0 Å². The molecule has 0 aromatic heterocycles. The number of nitrogens with one attached hydrogen (secondary N) is 1. The SMILES string of the molecule is Oc1ccc(Cl)c(C2CNCCO2)c1F. The summed E-state index contributed by atoms with van der Waals surface area (Å²) in [7, 11) is 0. The molecule has 2 rings (SSSR count). The zero-order valence-corrected chi connectivity index (χ0v) is 8.72. The van der Waals surface area contributed by atoms with Crippen LogP contribution in [0.5, 0.6) is 5.75 Å². The van der Waals surface area contributed by atoms with Crippen molar-refractivity contribution in [3.63, 3.8) is 0 Å². The maximum atomic E-state index is 13.6. The number of rotatable bonds is 1. The van der Waals surface area contributed by atoms with E-state index in [1.807, 2.05) is 0 Å². The monoisotopic (exact) mass is 231 g/mol. The predicted molar refractivity (Wildman–Crippen MR) is 54.6 cm³/mol. The van der Waals surface area contributed by atoms with Gasteiger partial charge in [-0.3, -0.25) is 0 Å². The van der Waals surface area contributed by atoms with E-state index in [0.717, 1.165) is 6.54 Å². The molecule has 1 aromatic rings. The van der Waals surface area contributed by atoms with E-state index in [9.17, 15) is 9.50 Å². The van der Waals surface area contributed by atoms with Crippen LogP contribution < -0.4 is 5.32 Å². The molecule has 1 fully saturated rings. The minimum absolute atomic E-state index is 0.226. The molecule has 0 radical (unpaired) electrons. The predicted octanol–water partition coefficient (Wildman–Crippen LogP) is 1.85. The quantitative estimate of drug-likeness (QED) is 0.775. The van der Waals surface area contributed by atoms with Crippen molar-refractivity contribution in [1.82, 2.24) is 5.32 Å². The highest BCUT2D eigenvalue weighted by atomic mass is 35.5. The number of phenols is 1. The number of phenolic OH excluding ortho intramolecular Hbond substituents is 1. The van der Waals surface area contributed by atoms with Crippen molar-refractivity contribution in [1.29, 1.82) is 0 Å². The number of halogens is 2. The number of benzene rings is 1. The van der Waals surface area contributed by atoms with Crippen molar-refractivity contribution >= 4 is 11.6 Å². The largest absolute Gasteiger partial charge is 0.505 e. The van der Waals surface area contributed by atoms with E-state index in [2.05, 4.69) is 5.32 Å². The van der Waals surface area contributed by atoms with Gasteiger partial charge in [0.05, 0.1) is 12.7 Å². The fourth-order valence-corrected chi connectivity index (χ4v) is 1.87. The fraction of sp³-hybridized carbons (Fsp3) is 0.400. The van der Waals surface area contributed by atoms with E-state index in [0.29, 0.717) is 13.2 Å². The molecule has 0 amide bonds. The highest BCUT2D eigenvalue weighted by Gasteiger charge is 2.23. The molecule has 1 saturated heterocycles. The van der Waals surface area contributed by atoms with Crippen LogP contribution in [0.15, 0.2) is 12.1 Å². The Balaban J connectivity index is 2.36. The lowest BCUT2D eigenvalue weighted by Crippen LogP contribution is -2.33. The van der Waals surface area contributed by atoms with Crippen molar-refractivity contribution < 1.29 is 14.2 Å². The normalized spacial score (nSPS) is 21.6. The van der Waals surface area contributed by atoms with Crippen LogP contribution in [0.1, 0.15) is 11.7 Å². The van der Waals surface area contributed by atoms with Crippen LogP contribution in [0.2, 0.25) is 5.02 Å². The maximum absolute atomic E-state index is 13.6. The summed E-state index contributed by atoms with van der Waals surface area (Å²) in [6.07, 6.45) is -0.432. The minimum atomic E-state index is -0.698. The first-order valence-corrected chi connectivity index (χ1v) is 5.07. The van der Waals surface area contributed by atoms with Gasteiger partial charge in [0.1, 0.15) is 0 Å². The van der Waals surface area contributed by atoms with Crippen molar-refractivity contribution in [3.05, 3.63) is 28.5 Å². The van der Waals surface area contributed by atoms with E-state index < -0.39 is 17.7 Å². The van der Waals surface area contributed by atoms with Crippen molar-refractivity contribution in [2.24, 2.45) is 0 Å². The van der Waals surface area contributed by atoms with Gasteiger partial charge in [0.25, 0.3) is 0 Å². The number of aromatic hydroxyl groups is 1. The molecular formula is C10H11ClFNO2. The average molecular weight is 232 g/mol. The van der Waals surface area contributed by atoms with Gasteiger partial charge < -0.3 is 15.2 Å². The molecule has 3 nitrogen and oxygen atoms in total. The zero-order valence-electron chi connectivity index (χ0n) is 7.96. The highest BCUT2D eigenvalue weighted by molar-refractivity contribution is 6.31. The summed E-state index contributed by atoms with van der Waals surface area (Å²) in [5, 5.41) is 12.6. The van der Waals surface area contributed by atoms with Crippen LogP contribution in [0.3, 0.4) is 0 Å². The minimum Gasteiger partial charge on any atom is -0.505 e. The number of hydrogen-bond acceptors (Lipinski definition) is 3.